The van der Waals surface area contributed by atoms with Gasteiger partial charge in [0, 0.05) is 57.5 Å². The average Bonchev–Trinajstić information content (AvgIpc) is 3.24. The second-order valence-electron chi connectivity index (χ2n) is 18.7. The van der Waals surface area contributed by atoms with E-state index in [0.717, 1.165) is 5.56 Å². The van der Waals surface area contributed by atoms with E-state index in [4.69, 9.17) is 11.5 Å². The molecule has 3 saturated carbocycles. The summed E-state index contributed by atoms with van der Waals surface area (Å²) in [5.41, 5.74) is 6.37. The van der Waals surface area contributed by atoms with Crippen molar-refractivity contribution in [2.45, 2.75) is 110 Å². The number of guanidine groups is 1. The number of hydrogen-bond acceptors (Lipinski definition) is 7. The Morgan fingerprint density at radius 3 is 2.31 bits per heavy atom. The summed E-state index contributed by atoms with van der Waals surface area (Å²) in [6.45, 7) is 13.5. The summed E-state index contributed by atoms with van der Waals surface area (Å²) in [6, 6.07) is 9.16. The topological polar surface area (TPSA) is 197 Å². The molecule has 54 heavy (non-hydrogen) atoms. The molecule has 0 aliphatic heterocycles. The Kier molecular flexibility index (Phi) is 8.59. The number of aliphatic imine (C=N–C) groups is 1. The number of nitrogens with zero attached hydrogens (tertiary/aromatic N) is 1. The zero-order valence-corrected chi connectivity index (χ0v) is 32.6. The van der Waals surface area contributed by atoms with Crippen LogP contribution >= 0.6 is 0 Å². The summed E-state index contributed by atoms with van der Waals surface area (Å²) in [4.78, 5) is 45.5. The van der Waals surface area contributed by atoms with Gasteiger partial charge >= 0.3 is 5.97 Å². The molecule has 7 rings (SSSR count). The highest BCUT2D eigenvalue weighted by atomic mass is 16.4. The number of nitrogens with two attached hydrogens (primary N) is 2. The fourth-order valence-corrected chi connectivity index (χ4v) is 13.5. The van der Waals surface area contributed by atoms with E-state index in [1.165, 1.54) is 13.0 Å². The molecule has 0 unspecified atom stereocenters. The molecule has 1 aromatic carbocycles. The first-order valence-corrected chi connectivity index (χ1v) is 19.4. The Hall–Kier alpha value is -3.86. The number of Topliss-reactive ketones (excluding diaryl/α,β-unsaturated/α-hetero) is 2. The number of carbonyl (C=O) groups is 3. The number of benzene rings is 1. The van der Waals surface area contributed by atoms with Gasteiger partial charge < -0.3 is 31.9 Å². The van der Waals surface area contributed by atoms with Gasteiger partial charge in [-0.25, -0.2) is 9.79 Å². The minimum atomic E-state index is -1.55. The molecule has 0 heterocycles. The van der Waals surface area contributed by atoms with Gasteiger partial charge in [-0.15, -0.1) is 0 Å². The van der Waals surface area contributed by atoms with Crippen LogP contribution in [0.25, 0.3) is 6.08 Å². The Morgan fingerprint density at radius 1 is 1.02 bits per heavy atom. The van der Waals surface area contributed by atoms with E-state index in [0.29, 0.717) is 24.0 Å². The lowest BCUT2D eigenvalue weighted by molar-refractivity contribution is -0.191. The summed E-state index contributed by atoms with van der Waals surface area (Å²) in [6.07, 6.45) is 9.55. The maximum absolute atomic E-state index is 15.3. The number of ketones is 2. The highest BCUT2D eigenvalue weighted by Gasteiger charge is 2.83. The number of fused-ring (bicyclic) bond motifs is 3. The molecular weight excluding hydrogens is 682 g/mol. The van der Waals surface area contributed by atoms with Crippen molar-refractivity contribution in [1.82, 2.24) is 0 Å². The summed E-state index contributed by atoms with van der Waals surface area (Å²) in [5, 5.41) is 48.4. The number of carboxylic acid groups (broad SMARTS) is 1. The molecule has 290 valence electrons. The lowest BCUT2D eigenvalue weighted by Gasteiger charge is -2.70. The van der Waals surface area contributed by atoms with Crippen LogP contribution in [0.4, 0.5) is 0 Å². The molecular formula is C44H57N3O7. The van der Waals surface area contributed by atoms with Crippen LogP contribution in [0.5, 0.6) is 0 Å². The Labute approximate surface area is 318 Å². The standard InChI is InChI=1S/C44H57N3O7/c1-24(36(51)52)21-29(48)32-25(2)42(18-15-28(32)47-37(45)46)23-43(53)19-20-44(54)27(14-13-26-11-9-8-10-12-26)34-38(3,4)31(50)16-17-39(34,5)33-30(49)22-40(42,6)41(43,7)35(33)44/h8-15,18,21,25,27-29,32,34,48,53-54H,16-17,19-20,22-23H2,1-7H3,(H,51,52)(H4,45,46,47)/b14-13+,24-21+/t25-,27-,28+,29-,32+,34-,39-,40+,41+,42-,43+,44-/m1/s1. The zero-order chi connectivity index (χ0) is 39.6. The molecule has 0 aromatic heterocycles. The molecule has 6 aliphatic rings. The molecule has 3 fully saturated rings. The van der Waals surface area contributed by atoms with E-state index in [2.05, 4.69) is 24.9 Å². The van der Waals surface area contributed by atoms with Gasteiger partial charge in [0.1, 0.15) is 5.78 Å². The monoisotopic (exact) mass is 739 g/mol. The maximum atomic E-state index is 15.3. The van der Waals surface area contributed by atoms with Crippen LogP contribution in [0, 0.1) is 50.7 Å². The molecule has 0 bridgehead atoms. The van der Waals surface area contributed by atoms with Gasteiger partial charge in [-0.2, -0.15) is 0 Å². The normalized spacial score (nSPS) is 44.3. The van der Waals surface area contributed by atoms with Crippen LogP contribution < -0.4 is 11.5 Å². The van der Waals surface area contributed by atoms with E-state index >= 15 is 4.79 Å². The second kappa shape index (κ2) is 12.1. The van der Waals surface area contributed by atoms with Crippen LogP contribution in [-0.4, -0.2) is 67.3 Å². The fourth-order valence-electron chi connectivity index (χ4n) is 13.5. The first-order valence-electron chi connectivity index (χ1n) is 19.4. The van der Waals surface area contributed by atoms with Gasteiger partial charge in [0.05, 0.1) is 23.3 Å². The molecule has 10 nitrogen and oxygen atoms in total. The molecule has 12 atom stereocenters. The van der Waals surface area contributed by atoms with Crippen molar-refractivity contribution >= 4 is 29.6 Å². The number of rotatable bonds is 6. The van der Waals surface area contributed by atoms with E-state index in [1.807, 2.05) is 76.3 Å². The molecule has 1 spiro atoms. The molecule has 0 amide bonds. The van der Waals surface area contributed by atoms with Crippen molar-refractivity contribution in [2.75, 3.05) is 0 Å². The number of aliphatic hydroxyl groups is 3. The van der Waals surface area contributed by atoms with E-state index < -0.39 is 74.1 Å². The summed E-state index contributed by atoms with van der Waals surface area (Å²) in [5.74, 6) is -3.40. The number of aliphatic hydroxyl groups excluding tert-OH is 1. The maximum Gasteiger partial charge on any atom is 0.331 e. The SMILES string of the molecule is C/C(=C\[C@@H](O)[C@@H]1[C@@H](N=C(N)N)C=C[C@@]2(C[C@@]3(O)CC[C@]4(O)C5=C(C(=O)C[C@@]2(C)[C@]53C)[C@@]2(C)CCC(=O)C(C)(C)[C@H]2[C@H]4/C=C/c2ccccc2)[C@@H]1C)C(=O)O. The van der Waals surface area contributed by atoms with E-state index in [-0.39, 0.29) is 54.7 Å². The number of carbonyl (C=O) groups excluding carboxylic acids is 2. The quantitative estimate of drug-likeness (QED) is 0.0993. The van der Waals surface area contributed by atoms with Crippen LogP contribution in [-0.2, 0) is 14.4 Å². The van der Waals surface area contributed by atoms with Crippen LogP contribution in [0.1, 0.15) is 92.6 Å². The molecule has 0 saturated heterocycles. The third-order valence-electron chi connectivity index (χ3n) is 16.2. The third kappa shape index (κ3) is 4.75. The van der Waals surface area contributed by atoms with Gasteiger partial charge in [0.2, 0.25) is 0 Å². The smallest absolute Gasteiger partial charge is 0.331 e. The van der Waals surface area contributed by atoms with Gasteiger partial charge in [0.25, 0.3) is 0 Å². The van der Waals surface area contributed by atoms with Crippen molar-refractivity contribution in [3.05, 3.63) is 76.9 Å². The second-order valence-corrected chi connectivity index (χ2v) is 18.7. The molecule has 8 N–H and O–H groups in total. The zero-order valence-electron chi connectivity index (χ0n) is 32.6. The molecule has 0 radical (unpaired) electrons. The van der Waals surface area contributed by atoms with E-state index in [1.54, 1.807) is 0 Å². The van der Waals surface area contributed by atoms with Crippen LogP contribution in [0.2, 0.25) is 0 Å². The summed E-state index contributed by atoms with van der Waals surface area (Å²) >= 11 is 0. The van der Waals surface area contributed by atoms with Crippen molar-refractivity contribution in [3.63, 3.8) is 0 Å². The van der Waals surface area contributed by atoms with Crippen molar-refractivity contribution < 1.29 is 34.8 Å². The van der Waals surface area contributed by atoms with E-state index in [9.17, 15) is 30.0 Å². The van der Waals surface area contributed by atoms with Gasteiger partial charge in [-0.3, -0.25) is 9.59 Å². The summed E-state index contributed by atoms with van der Waals surface area (Å²) < 4.78 is 0. The minimum absolute atomic E-state index is 0.0279. The van der Waals surface area contributed by atoms with Gasteiger partial charge in [0.15, 0.2) is 11.7 Å². The first kappa shape index (κ1) is 38.4. The molecule has 1 aromatic rings. The lowest BCUT2D eigenvalue weighted by atomic mass is 9.34. The Morgan fingerprint density at radius 2 is 1.69 bits per heavy atom. The molecule has 6 aliphatic carbocycles. The number of carboxylic acids is 1. The van der Waals surface area contributed by atoms with Crippen LogP contribution in [0.3, 0.4) is 0 Å². The predicted molar refractivity (Wildman–Crippen MR) is 206 cm³/mol. The summed E-state index contributed by atoms with van der Waals surface area (Å²) in [7, 11) is 0. The fraction of sp³-hybridized carbons (Fsp3) is 0.591. The van der Waals surface area contributed by atoms with Crippen molar-refractivity contribution in [1.29, 1.82) is 0 Å². The highest BCUT2D eigenvalue weighted by Crippen LogP contribution is 2.83. The number of allylic oxidation sites excluding steroid dienone is 2. The Bertz CT molecular complexity index is 1960. The van der Waals surface area contributed by atoms with Crippen LogP contribution in [0.15, 0.2) is 76.3 Å². The molecule has 10 heteroatoms. The first-order chi connectivity index (χ1) is 25.1. The lowest BCUT2D eigenvalue weighted by Crippen LogP contribution is -2.71. The Balaban J connectivity index is 1.48. The number of hydrogen-bond donors (Lipinski definition) is 6. The minimum Gasteiger partial charge on any atom is -0.478 e. The number of aliphatic carboxylic acids is 1. The highest BCUT2D eigenvalue weighted by molar-refractivity contribution is 6.02. The third-order valence-corrected chi connectivity index (χ3v) is 16.2. The average molecular weight is 740 g/mol. The van der Waals surface area contributed by atoms with Crippen molar-refractivity contribution in [2.24, 2.45) is 67.2 Å². The van der Waals surface area contributed by atoms with Gasteiger partial charge in [-0.1, -0.05) is 96.2 Å². The van der Waals surface area contributed by atoms with Gasteiger partial charge in [-0.05, 0) is 67.1 Å². The predicted octanol–water partition coefficient (Wildman–Crippen LogP) is 5.13. The van der Waals surface area contributed by atoms with Crippen molar-refractivity contribution in [3.8, 4) is 0 Å². The largest absolute Gasteiger partial charge is 0.478 e.